The lowest BCUT2D eigenvalue weighted by atomic mass is 10.1. The highest BCUT2D eigenvalue weighted by atomic mass is 33.1. The molecule has 1 saturated heterocycles. The maximum absolute atomic E-state index is 11.4. The third-order valence-corrected chi connectivity index (χ3v) is 3.73. The second kappa shape index (κ2) is 5.88. The predicted molar refractivity (Wildman–Crippen MR) is 64.2 cm³/mol. The molecule has 0 atom stereocenters. The largest absolute Gasteiger partial charge is 0.353 e. The highest BCUT2D eigenvalue weighted by Crippen LogP contribution is 2.20. The van der Waals surface area contributed by atoms with Gasteiger partial charge in [0.2, 0.25) is 5.91 Å². The van der Waals surface area contributed by atoms with Gasteiger partial charge in [0, 0.05) is 25.0 Å². The van der Waals surface area contributed by atoms with Crippen molar-refractivity contribution in [1.82, 2.24) is 9.62 Å². The Morgan fingerprint density at radius 2 is 2.07 bits per heavy atom. The van der Waals surface area contributed by atoms with E-state index in [1.54, 1.807) is 0 Å². The van der Waals surface area contributed by atoms with Crippen LogP contribution in [0.2, 0.25) is 0 Å². The van der Waals surface area contributed by atoms with Crippen LogP contribution in [0, 0.1) is 5.92 Å². The van der Waals surface area contributed by atoms with E-state index in [2.05, 4.69) is 21.3 Å². The van der Waals surface area contributed by atoms with Crippen molar-refractivity contribution in [2.45, 2.75) is 32.7 Å². The Bertz CT molecular complexity index is 191. The predicted octanol–water partition coefficient (Wildman–Crippen LogP) is 1.72. The fourth-order valence-electron chi connectivity index (χ4n) is 1.45. The lowest BCUT2D eigenvalue weighted by Gasteiger charge is -2.30. The highest BCUT2D eigenvalue weighted by molar-refractivity contribution is 8.67. The van der Waals surface area contributed by atoms with Gasteiger partial charge in [0.25, 0.3) is 0 Å². The van der Waals surface area contributed by atoms with Gasteiger partial charge in [-0.3, -0.25) is 4.79 Å². The van der Waals surface area contributed by atoms with E-state index in [1.807, 2.05) is 13.8 Å². The number of nitrogens with one attached hydrogen (secondary N) is 1. The molecule has 1 amide bonds. The van der Waals surface area contributed by atoms with Gasteiger partial charge in [-0.2, -0.15) is 0 Å². The first-order chi connectivity index (χ1) is 6.63. The molecule has 0 bridgehead atoms. The Labute approximate surface area is 94.9 Å². The molecule has 0 radical (unpaired) electrons. The van der Waals surface area contributed by atoms with Crippen molar-refractivity contribution < 1.29 is 4.79 Å². The van der Waals surface area contributed by atoms with Gasteiger partial charge in [-0.25, -0.2) is 4.31 Å². The number of carbonyl (C=O) groups is 1. The molecule has 1 fully saturated rings. The minimum Gasteiger partial charge on any atom is -0.353 e. The van der Waals surface area contributed by atoms with Crippen LogP contribution in [0.1, 0.15) is 26.7 Å². The summed E-state index contributed by atoms with van der Waals surface area (Å²) in [7, 11) is 1.49. The van der Waals surface area contributed by atoms with E-state index in [9.17, 15) is 4.79 Å². The van der Waals surface area contributed by atoms with E-state index >= 15 is 0 Å². The van der Waals surface area contributed by atoms with Crippen LogP contribution in [-0.2, 0) is 4.79 Å². The maximum Gasteiger partial charge on any atom is 0.222 e. The number of thiol groups is 1. The van der Waals surface area contributed by atoms with Crippen LogP contribution in [0.25, 0.3) is 0 Å². The topological polar surface area (TPSA) is 32.3 Å². The number of nitrogens with zero attached hydrogens (tertiary/aromatic N) is 1. The molecule has 1 N–H and O–H groups in total. The Morgan fingerprint density at radius 3 is 2.50 bits per heavy atom. The van der Waals surface area contributed by atoms with Crippen molar-refractivity contribution in [2.75, 3.05) is 13.1 Å². The zero-order valence-corrected chi connectivity index (χ0v) is 10.4. The number of rotatable bonds is 3. The quantitative estimate of drug-likeness (QED) is 0.443. The SMILES string of the molecule is CC(C)C(=O)NC1CCN(SS)CC1. The molecule has 0 saturated carbocycles. The van der Waals surface area contributed by atoms with Gasteiger partial charge in [-0.15, -0.1) is 0 Å². The van der Waals surface area contributed by atoms with Gasteiger partial charge in [-0.05, 0) is 23.8 Å². The standard InChI is InChI=1S/C9H18N2OS2/c1-7(2)9(12)10-8-3-5-11(14-13)6-4-8/h7-8,13H,3-6H2,1-2H3,(H,10,12). The molecule has 0 aromatic rings. The fraction of sp³-hybridized carbons (Fsp3) is 0.889. The molecular weight excluding hydrogens is 216 g/mol. The Balaban J connectivity index is 2.25. The summed E-state index contributed by atoms with van der Waals surface area (Å²) >= 11 is 4.15. The molecule has 0 unspecified atom stereocenters. The zero-order chi connectivity index (χ0) is 10.6. The normalized spacial score (nSPS) is 20.0. The molecule has 5 heteroatoms. The van der Waals surface area contributed by atoms with Gasteiger partial charge < -0.3 is 5.32 Å². The van der Waals surface area contributed by atoms with Crippen LogP contribution in [0.15, 0.2) is 0 Å². The van der Waals surface area contributed by atoms with Crippen LogP contribution in [0.3, 0.4) is 0 Å². The third-order valence-electron chi connectivity index (χ3n) is 2.44. The first kappa shape index (κ1) is 12.2. The minimum absolute atomic E-state index is 0.0901. The van der Waals surface area contributed by atoms with E-state index in [-0.39, 0.29) is 11.8 Å². The van der Waals surface area contributed by atoms with Gasteiger partial charge >= 0.3 is 0 Å². The summed E-state index contributed by atoms with van der Waals surface area (Å²) in [4.78, 5) is 11.4. The van der Waals surface area contributed by atoms with Gasteiger partial charge in [0.15, 0.2) is 0 Å². The first-order valence-corrected chi connectivity index (χ1v) is 6.83. The molecular formula is C9H18N2OS2. The minimum atomic E-state index is 0.0901. The zero-order valence-electron chi connectivity index (χ0n) is 8.69. The van der Waals surface area contributed by atoms with E-state index in [0.717, 1.165) is 25.9 Å². The summed E-state index contributed by atoms with van der Waals surface area (Å²) in [6, 6.07) is 0.363. The van der Waals surface area contributed by atoms with E-state index < -0.39 is 0 Å². The number of amides is 1. The summed E-state index contributed by atoms with van der Waals surface area (Å²) in [6.45, 7) is 5.87. The average Bonchev–Trinajstić information content (AvgIpc) is 2.19. The van der Waals surface area contributed by atoms with Crippen LogP contribution >= 0.6 is 22.6 Å². The molecule has 0 aromatic carbocycles. The van der Waals surface area contributed by atoms with Crippen LogP contribution in [0.4, 0.5) is 0 Å². The lowest BCUT2D eigenvalue weighted by molar-refractivity contribution is -0.124. The fourth-order valence-corrected chi connectivity index (χ4v) is 2.31. The summed E-state index contributed by atoms with van der Waals surface area (Å²) in [5.74, 6) is 0.259. The third kappa shape index (κ3) is 3.71. The summed E-state index contributed by atoms with van der Waals surface area (Å²) < 4.78 is 2.21. The van der Waals surface area contributed by atoms with Crippen molar-refractivity contribution in [2.24, 2.45) is 5.92 Å². The molecule has 14 heavy (non-hydrogen) atoms. The van der Waals surface area contributed by atoms with Crippen LogP contribution < -0.4 is 5.32 Å². The molecule has 0 aliphatic carbocycles. The molecule has 3 nitrogen and oxygen atoms in total. The molecule has 1 aliphatic heterocycles. The van der Waals surface area contributed by atoms with Crippen molar-refractivity contribution in [3.05, 3.63) is 0 Å². The maximum atomic E-state index is 11.4. The van der Waals surface area contributed by atoms with Crippen molar-refractivity contribution in [3.63, 3.8) is 0 Å². The number of hydrogen-bond acceptors (Lipinski definition) is 4. The van der Waals surface area contributed by atoms with Crippen LogP contribution in [-0.4, -0.2) is 29.3 Å². The monoisotopic (exact) mass is 234 g/mol. The highest BCUT2D eigenvalue weighted by Gasteiger charge is 2.20. The number of hydrogen-bond donors (Lipinski definition) is 2. The van der Waals surface area contributed by atoms with Gasteiger partial charge in [0.05, 0.1) is 0 Å². The number of carbonyl (C=O) groups excluding carboxylic acids is 1. The smallest absolute Gasteiger partial charge is 0.222 e. The second-order valence-corrected chi connectivity index (χ2v) is 5.12. The van der Waals surface area contributed by atoms with Crippen LogP contribution in [0.5, 0.6) is 0 Å². The lowest BCUT2D eigenvalue weighted by Crippen LogP contribution is -2.43. The number of piperidine rings is 1. The van der Waals surface area contributed by atoms with Crippen molar-refractivity contribution >= 4 is 28.5 Å². The first-order valence-electron chi connectivity index (χ1n) is 5.00. The summed E-state index contributed by atoms with van der Waals surface area (Å²) in [6.07, 6.45) is 2.07. The molecule has 0 spiro atoms. The van der Waals surface area contributed by atoms with Crippen molar-refractivity contribution in [3.8, 4) is 0 Å². The summed E-state index contributed by atoms with van der Waals surface area (Å²) in [5, 5.41) is 3.06. The molecule has 1 rings (SSSR count). The molecule has 82 valence electrons. The van der Waals surface area contributed by atoms with E-state index in [4.69, 9.17) is 0 Å². The van der Waals surface area contributed by atoms with Crippen molar-refractivity contribution in [1.29, 1.82) is 0 Å². The second-order valence-electron chi connectivity index (χ2n) is 3.95. The molecule has 0 aromatic heterocycles. The van der Waals surface area contributed by atoms with Gasteiger partial charge in [0.1, 0.15) is 0 Å². The summed E-state index contributed by atoms with van der Waals surface area (Å²) in [5.41, 5.74) is 0. The van der Waals surface area contributed by atoms with E-state index in [0.29, 0.717) is 6.04 Å². The molecule has 1 aliphatic rings. The molecule has 1 heterocycles. The van der Waals surface area contributed by atoms with E-state index in [1.165, 1.54) is 11.0 Å². The average molecular weight is 234 g/mol. The Kier molecular flexibility index (Phi) is 5.12. The Morgan fingerprint density at radius 1 is 1.50 bits per heavy atom. The Hall–Kier alpha value is 0.130. The van der Waals surface area contributed by atoms with Gasteiger partial charge in [-0.1, -0.05) is 25.5 Å².